The summed E-state index contributed by atoms with van der Waals surface area (Å²) in [6.07, 6.45) is 0. The Labute approximate surface area is 75.3 Å². The van der Waals surface area contributed by atoms with Crippen LogP contribution in [0.2, 0.25) is 0 Å². The molecule has 1 nitrogen and oxygen atoms in total. The lowest BCUT2D eigenvalue weighted by Gasteiger charge is -2.03. The zero-order valence-corrected chi connectivity index (χ0v) is 7.32. The highest BCUT2D eigenvalue weighted by Gasteiger charge is 2.06. The Balaban J connectivity index is 2.82. The second-order valence-corrected chi connectivity index (χ2v) is 2.81. The van der Waals surface area contributed by atoms with Crippen molar-refractivity contribution in [3.63, 3.8) is 0 Å². The minimum atomic E-state index is -2.93. The average molecular weight is 241 g/mol. The molecule has 0 aromatic heterocycles. The molecule has 0 spiro atoms. The molecule has 0 unspecified atom stereocenters. The molecule has 0 saturated heterocycles. The van der Waals surface area contributed by atoms with E-state index in [9.17, 15) is 13.2 Å². The van der Waals surface area contributed by atoms with Gasteiger partial charge in [-0.3, -0.25) is 0 Å². The molecule has 0 fully saturated rings. The van der Waals surface area contributed by atoms with Crippen molar-refractivity contribution in [3.05, 3.63) is 28.5 Å². The average Bonchev–Trinajstić information content (AvgIpc) is 1.96. The van der Waals surface area contributed by atoms with E-state index in [-0.39, 0.29) is 10.2 Å². The van der Waals surface area contributed by atoms with E-state index in [0.717, 1.165) is 6.07 Å². The maximum Gasteiger partial charge on any atom is 0.387 e. The van der Waals surface area contributed by atoms with Gasteiger partial charge in [-0.1, -0.05) is 0 Å². The standard InChI is InChI=1S/C7H4BrF3O/c8-5-2-1-4(3-6(5)9)12-7(10)11/h1-3,7H. The molecular weight excluding hydrogens is 237 g/mol. The molecule has 1 aromatic carbocycles. The zero-order chi connectivity index (χ0) is 9.14. The molecule has 5 heteroatoms. The monoisotopic (exact) mass is 240 g/mol. The van der Waals surface area contributed by atoms with Gasteiger partial charge in [0.25, 0.3) is 0 Å². The molecule has 66 valence electrons. The fourth-order valence-corrected chi connectivity index (χ4v) is 0.900. The second-order valence-electron chi connectivity index (χ2n) is 1.95. The van der Waals surface area contributed by atoms with Crippen LogP contribution in [0, 0.1) is 5.82 Å². The Morgan fingerprint density at radius 1 is 1.33 bits per heavy atom. The third kappa shape index (κ3) is 2.41. The number of hydrogen-bond acceptors (Lipinski definition) is 1. The molecule has 0 heterocycles. The first-order valence-corrected chi connectivity index (χ1v) is 3.79. The van der Waals surface area contributed by atoms with Gasteiger partial charge in [0.2, 0.25) is 0 Å². The molecule has 0 bridgehead atoms. The van der Waals surface area contributed by atoms with Crippen LogP contribution in [-0.2, 0) is 0 Å². The van der Waals surface area contributed by atoms with Gasteiger partial charge < -0.3 is 4.74 Å². The quantitative estimate of drug-likeness (QED) is 0.772. The van der Waals surface area contributed by atoms with Crippen LogP contribution in [0.15, 0.2) is 22.7 Å². The van der Waals surface area contributed by atoms with Crippen LogP contribution in [0.5, 0.6) is 5.75 Å². The smallest absolute Gasteiger partial charge is 0.387 e. The van der Waals surface area contributed by atoms with Gasteiger partial charge in [0.05, 0.1) is 4.47 Å². The predicted molar refractivity (Wildman–Crippen MR) is 40.7 cm³/mol. The highest BCUT2D eigenvalue weighted by atomic mass is 79.9. The number of benzene rings is 1. The summed E-state index contributed by atoms with van der Waals surface area (Å²) in [5, 5.41) is 0. The normalized spacial score (nSPS) is 10.4. The van der Waals surface area contributed by atoms with Crippen molar-refractivity contribution in [1.29, 1.82) is 0 Å². The molecule has 0 radical (unpaired) electrons. The van der Waals surface area contributed by atoms with Crippen LogP contribution in [0.4, 0.5) is 13.2 Å². The molecule has 0 N–H and O–H groups in total. The van der Waals surface area contributed by atoms with E-state index in [1.165, 1.54) is 12.1 Å². The zero-order valence-electron chi connectivity index (χ0n) is 5.73. The molecule has 0 aliphatic heterocycles. The maximum atomic E-state index is 12.7. The van der Waals surface area contributed by atoms with E-state index in [1.807, 2.05) is 0 Å². The summed E-state index contributed by atoms with van der Waals surface area (Å²) >= 11 is 2.88. The van der Waals surface area contributed by atoms with E-state index in [4.69, 9.17) is 0 Å². The van der Waals surface area contributed by atoms with Crippen LogP contribution < -0.4 is 4.74 Å². The molecule has 0 atom stereocenters. The summed E-state index contributed by atoms with van der Waals surface area (Å²) in [5.74, 6) is -0.821. The van der Waals surface area contributed by atoms with Crippen molar-refractivity contribution >= 4 is 15.9 Å². The first kappa shape index (κ1) is 9.38. The number of halogens is 4. The van der Waals surface area contributed by atoms with Crippen molar-refractivity contribution < 1.29 is 17.9 Å². The first-order chi connectivity index (χ1) is 5.59. The van der Waals surface area contributed by atoms with Crippen molar-refractivity contribution in [2.45, 2.75) is 6.61 Å². The lowest BCUT2D eigenvalue weighted by atomic mass is 10.3. The van der Waals surface area contributed by atoms with Crippen molar-refractivity contribution in [1.82, 2.24) is 0 Å². The Morgan fingerprint density at radius 2 is 2.00 bits per heavy atom. The molecule has 0 aliphatic carbocycles. The first-order valence-electron chi connectivity index (χ1n) is 2.99. The summed E-state index contributed by atoms with van der Waals surface area (Å²) < 4.78 is 40.0. The van der Waals surface area contributed by atoms with Crippen LogP contribution in [-0.4, -0.2) is 6.61 Å². The number of hydrogen-bond donors (Lipinski definition) is 0. The maximum absolute atomic E-state index is 12.7. The largest absolute Gasteiger partial charge is 0.435 e. The van der Waals surface area contributed by atoms with Crippen LogP contribution >= 0.6 is 15.9 Å². The topological polar surface area (TPSA) is 9.23 Å². The molecule has 0 amide bonds. The summed E-state index contributed by atoms with van der Waals surface area (Å²) in [5.41, 5.74) is 0. The van der Waals surface area contributed by atoms with Gasteiger partial charge in [-0.25, -0.2) is 4.39 Å². The molecule has 0 aliphatic rings. The Kier molecular flexibility index (Phi) is 2.97. The van der Waals surface area contributed by atoms with Gasteiger partial charge in [0.1, 0.15) is 11.6 Å². The van der Waals surface area contributed by atoms with Crippen LogP contribution in [0.3, 0.4) is 0 Å². The third-order valence-corrected chi connectivity index (χ3v) is 1.76. The van der Waals surface area contributed by atoms with Gasteiger partial charge in [-0.2, -0.15) is 8.78 Å². The summed E-state index contributed by atoms with van der Waals surface area (Å²) in [4.78, 5) is 0. The predicted octanol–water partition coefficient (Wildman–Crippen LogP) is 3.19. The Morgan fingerprint density at radius 3 is 2.50 bits per heavy atom. The SMILES string of the molecule is Fc1cc(OC(F)F)ccc1Br. The summed E-state index contributed by atoms with van der Waals surface area (Å²) in [6, 6.07) is 3.43. The minimum absolute atomic E-state index is 0.189. The van der Waals surface area contributed by atoms with Gasteiger partial charge in [-0.05, 0) is 28.1 Å². The van der Waals surface area contributed by atoms with Gasteiger partial charge >= 0.3 is 6.61 Å². The highest BCUT2D eigenvalue weighted by Crippen LogP contribution is 2.21. The second kappa shape index (κ2) is 3.80. The van der Waals surface area contributed by atoms with Crippen LogP contribution in [0.1, 0.15) is 0 Å². The fourth-order valence-electron chi connectivity index (χ4n) is 0.653. The van der Waals surface area contributed by atoms with E-state index >= 15 is 0 Å². The number of rotatable bonds is 2. The third-order valence-electron chi connectivity index (χ3n) is 1.12. The van der Waals surface area contributed by atoms with E-state index in [0.29, 0.717) is 0 Å². The lowest BCUT2D eigenvalue weighted by Crippen LogP contribution is -2.01. The lowest BCUT2D eigenvalue weighted by molar-refractivity contribution is -0.0500. The van der Waals surface area contributed by atoms with Gasteiger partial charge in [0.15, 0.2) is 0 Å². The van der Waals surface area contributed by atoms with E-state index < -0.39 is 12.4 Å². The molecule has 1 aromatic rings. The van der Waals surface area contributed by atoms with Crippen molar-refractivity contribution in [3.8, 4) is 5.75 Å². The summed E-state index contributed by atoms with van der Waals surface area (Å²) in [6.45, 7) is -2.93. The number of alkyl halides is 2. The van der Waals surface area contributed by atoms with Crippen molar-refractivity contribution in [2.75, 3.05) is 0 Å². The molecule has 1 rings (SSSR count). The molecule has 0 saturated carbocycles. The van der Waals surface area contributed by atoms with E-state index in [2.05, 4.69) is 20.7 Å². The highest BCUT2D eigenvalue weighted by molar-refractivity contribution is 9.10. The number of ether oxygens (including phenoxy) is 1. The van der Waals surface area contributed by atoms with Crippen LogP contribution in [0.25, 0.3) is 0 Å². The van der Waals surface area contributed by atoms with Crippen molar-refractivity contribution in [2.24, 2.45) is 0 Å². The molecular formula is C7H4BrF3O. The Bertz CT molecular complexity index is 277. The molecule has 12 heavy (non-hydrogen) atoms. The fraction of sp³-hybridized carbons (Fsp3) is 0.143. The van der Waals surface area contributed by atoms with E-state index in [1.54, 1.807) is 0 Å². The van der Waals surface area contributed by atoms with Gasteiger partial charge in [0, 0.05) is 6.07 Å². The Hall–Kier alpha value is -0.710. The minimum Gasteiger partial charge on any atom is -0.435 e. The van der Waals surface area contributed by atoms with Gasteiger partial charge in [-0.15, -0.1) is 0 Å². The summed E-state index contributed by atoms with van der Waals surface area (Å²) in [7, 11) is 0.